The van der Waals surface area contributed by atoms with Crippen LogP contribution in [-0.2, 0) is 38.1 Å². The molecule has 0 aliphatic heterocycles. The quantitative estimate of drug-likeness (QED) is 0.0160. The molecule has 4 aromatic rings. The van der Waals surface area contributed by atoms with Gasteiger partial charge in [0.1, 0.15) is 0 Å². The van der Waals surface area contributed by atoms with Crippen LogP contribution in [0.5, 0.6) is 0 Å². The fraction of sp³-hybridized carbons (Fsp3) is 0.462. The Bertz CT molecular complexity index is 1650. The Morgan fingerprint density at radius 1 is 0.491 bits per heavy atom. The predicted molar refractivity (Wildman–Crippen MR) is 235 cm³/mol. The van der Waals surface area contributed by atoms with Crippen LogP contribution >= 0.6 is 0 Å². The molecule has 0 spiro atoms. The molecule has 4 aromatic carbocycles. The molecule has 0 saturated heterocycles. The molecule has 0 N–H and O–H groups in total. The Balaban J connectivity index is 0.000000446. The van der Waals surface area contributed by atoms with Crippen molar-refractivity contribution in [3.8, 4) is 0 Å². The molecular weight excluding hydrogens is 711 g/mol. The zero-order chi connectivity index (χ0) is 39.2. The van der Waals surface area contributed by atoms with E-state index in [1.807, 2.05) is 0 Å². The molecule has 0 atom stereocenters. The standard InChI is InChI=1S/C38H56N2.2C7H7.Ni/c1-5-9-13-14-15-18-20-32-26-28-34(29-27-32)38(35-24-19-22-33(30-35)21-16-10-6-2)37(25-17-11-7-3)36(31-40-39)23-12-8-4;2*1-7-5-3-2-4-6-7;/h19,22,24,26-30H,5-18,20-21,23,25H2,1-4H3;2*2-6H,1H2;. The van der Waals surface area contributed by atoms with Gasteiger partial charge in [-0.1, -0.05) is 140 Å². The number of unbranched alkanes of at least 4 members (excludes halogenated alkanes) is 10. The summed E-state index contributed by atoms with van der Waals surface area (Å²) >= 11 is 1.78. The summed E-state index contributed by atoms with van der Waals surface area (Å²) in [6.45, 7) is 9.03. The van der Waals surface area contributed by atoms with E-state index in [1.165, 1.54) is 115 Å². The topological polar surface area (TPSA) is 36.4 Å². The molecule has 0 aromatic heterocycles. The average molecular weight is 782 g/mol. The van der Waals surface area contributed by atoms with Gasteiger partial charge in [-0.15, -0.1) is 4.79 Å². The van der Waals surface area contributed by atoms with E-state index in [4.69, 9.17) is 0 Å². The summed E-state index contributed by atoms with van der Waals surface area (Å²) in [5.41, 5.74) is 21.4. The molecule has 2 nitrogen and oxygen atoms in total. The fourth-order valence-corrected chi connectivity index (χ4v) is 8.08. The van der Waals surface area contributed by atoms with Crippen molar-refractivity contribution in [3.05, 3.63) is 159 Å². The number of rotatable bonds is 25. The number of nitrogens with zero attached hydrogens (tertiary/aromatic N) is 2. The first-order valence-corrected chi connectivity index (χ1v) is 22.9. The summed E-state index contributed by atoms with van der Waals surface area (Å²) in [7, 11) is 0. The van der Waals surface area contributed by atoms with Gasteiger partial charge >= 0.3 is 103 Å². The van der Waals surface area contributed by atoms with Crippen molar-refractivity contribution in [2.75, 3.05) is 0 Å². The van der Waals surface area contributed by atoms with Crippen molar-refractivity contribution >= 4 is 11.4 Å². The number of benzene rings is 4. The SMILES string of the molecule is CCCCCCCCc1ccc(C(=C(CCCCC)C(=C=[N+]=[N-])CCCC)c2cccc(CCCCC)c2)cc1.c1ccc([CH2][Ni][CH2]c2ccccc2)cc1. The van der Waals surface area contributed by atoms with E-state index in [9.17, 15) is 5.53 Å². The molecule has 0 unspecified atom stereocenters. The Hall–Kier alpha value is -3.73. The summed E-state index contributed by atoms with van der Waals surface area (Å²) in [6.07, 6.45) is 21.5. The van der Waals surface area contributed by atoms with Crippen LogP contribution in [-0.4, -0.2) is 10.7 Å². The van der Waals surface area contributed by atoms with Crippen LogP contribution in [0.3, 0.4) is 0 Å². The minimum absolute atomic E-state index is 0.887. The van der Waals surface area contributed by atoms with Crippen LogP contribution in [0.15, 0.2) is 120 Å². The van der Waals surface area contributed by atoms with Gasteiger partial charge in [0.25, 0.3) is 0 Å². The normalized spacial score (nSPS) is 11.3. The first kappa shape index (κ1) is 45.7. The van der Waals surface area contributed by atoms with Gasteiger partial charge in [0.05, 0.1) is 5.57 Å². The molecule has 0 saturated carbocycles. The molecule has 0 amide bonds. The summed E-state index contributed by atoms with van der Waals surface area (Å²) in [4.78, 5) is 3.43. The summed E-state index contributed by atoms with van der Waals surface area (Å²) in [5.74, 6) is 3.02. The van der Waals surface area contributed by atoms with Crippen molar-refractivity contribution in [1.29, 1.82) is 0 Å². The van der Waals surface area contributed by atoms with Crippen LogP contribution < -0.4 is 0 Å². The monoisotopic (exact) mass is 780 g/mol. The van der Waals surface area contributed by atoms with E-state index in [2.05, 4.69) is 148 Å². The molecule has 0 aliphatic carbocycles. The Morgan fingerprint density at radius 3 is 1.64 bits per heavy atom. The van der Waals surface area contributed by atoms with E-state index in [0.29, 0.717) is 0 Å². The second kappa shape index (κ2) is 29.5. The van der Waals surface area contributed by atoms with Crippen LogP contribution in [0.4, 0.5) is 0 Å². The Kier molecular flexibility index (Phi) is 24.5. The van der Waals surface area contributed by atoms with Crippen molar-refractivity contribution in [1.82, 2.24) is 0 Å². The minimum atomic E-state index is 0.887. The van der Waals surface area contributed by atoms with E-state index in [1.54, 1.807) is 14.4 Å². The third-order valence-electron chi connectivity index (χ3n) is 10.1. The molecule has 0 aliphatic rings. The van der Waals surface area contributed by atoms with Gasteiger partial charge in [-0.25, -0.2) is 0 Å². The average Bonchev–Trinajstić information content (AvgIpc) is 3.22. The molecule has 3 heteroatoms. The van der Waals surface area contributed by atoms with E-state index < -0.39 is 0 Å². The summed E-state index contributed by atoms with van der Waals surface area (Å²) < 4.78 is 0. The number of hydrogen-bond donors (Lipinski definition) is 0. The van der Waals surface area contributed by atoms with Gasteiger partial charge in [-0.3, -0.25) is 0 Å². The Morgan fingerprint density at radius 2 is 1.02 bits per heavy atom. The van der Waals surface area contributed by atoms with E-state index in [0.717, 1.165) is 61.3 Å². The van der Waals surface area contributed by atoms with Crippen LogP contribution in [0, 0.1) is 0 Å². The fourth-order valence-electron chi connectivity index (χ4n) is 6.92. The maximum atomic E-state index is 9.60. The van der Waals surface area contributed by atoms with Gasteiger partial charge in [0.15, 0.2) is 0 Å². The molecular formula is C52H70N2Ni. The molecule has 0 radical (unpaired) electrons. The predicted octanol–water partition coefficient (Wildman–Crippen LogP) is 15.2. The number of hydrogen-bond acceptors (Lipinski definition) is 0. The van der Waals surface area contributed by atoms with Gasteiger partial charge < -0.3 is 5.53 Å². The molecule has 0 heterocycles. The zero-order valence-electron chi connectivity index (χ0n) is 34.7. The number of allylic oxidation sites excluding steroid dienone is 2. The van der Waals surface area contributed by atoms with Crippen molar-refractivity contribution in [2.45, 2.75) is 154 Å². The molecule has 298 valence electrons. The van der Waals surface area contributed by atoms with Crippen molar-refractivity contribution in [3.63, 3.8) is 0 Å². The third kappa shape index (κ3) is 18.6. The van der Waals surface area contributed by atoms with Crippen molar-refractivity contribution in [2.24, 2.45) is 0 Å². The van der Waals surface area contributed by atoms with Crippen LogP contribution in [0.1, 0.15) is 164 Å². The summed E-state index contributed by atoms with van der Waals surface area (Å²) in [6, 6.07) is 39.8. The first-order chi connectivity index (χ1) is 27.1. The van der Waals surface area contributed by atoms with Gasteiger partial charge in [0, 0.05) is 0 Å². The molecule has 4 rings (SSSR count). The third-order valence-corrected chi connectivity index (χ3v) is 11.4. The Labute approximate surface area is 342 Å². The molecule has 0 fully saturated rings. The second-order valence-electron chi connectivity index (χ2n) is 14.8. The zero-order valence-corrected chi connectivity index (χ0v) is 35.7. The van der Waals surface area contributed by atoms with Crippen LogP contribution in [0.2, 0.25) is 0 Å². The van der Waals surface area contributed by atoms with E-state index >= 15 is 0 Å². The number of aryl methyl sites for hydroxylation is 2. The van der Waals surface area contributed by atoms with Gasteiger partial charge in [-0.2, -0.15) is 0 Å². The van der Waals surface area contributed by atoms with E-state index in [-0.39, 0.29) is 0 Å². The van der Waals surface area contributed by atoms with Gasteiger partial charge in [0.2, 0.25) is 0 Å². The maximum absolute atomic E-state index is 9.60. The first-order valence-electron chi connectivity index (χ1n) is 21.5. The van der Waals surface area contributed by atoms with Gasteiger partial charge in [-0.05, 0) is 84.8 Å². The second-order valence-corrected chi connectivity index (χ2v) is 16.0. The molecule has 0 bridgehead atoms. The van der Waals surface area contributed by atoms with Crippen LogP contribution in [0.25, 0.3) is 11.1 Å². The van der Waals surface area contributed by atoms with Crippen molar-refractivity contribution < 1.29 is 19.2 Å². The summed E-state index contributed by atoms with van der Waals surface area (Å²) in [5, 5.41) is 2.23. The molecule has 55 heavy (non-hydrogen) atoms.